The van der Waals surface area contributed by atoms with E-state index in [9.17, 15) is 22.8 Å². The Kier molecular flexibility index (Phi) is 6.28. The smallest absolute Gasteiger partial charge is 0.338 e. The summed E-state index contributed by atoms with van der Waals surface area (Å²) in [5, 5.41) is 4.28. The van der Waals surface area contributed by atoms with Gasteiger partial charge in [-0.15, -0.1) is 0 Å². The zero-order valence-electron chi connectivity index (χ0n) is 10.8. The van der Waals surface area contributed by atoms with E-state index in [0.29, 0.717) is 12.7 Å². The number of halogens is 4. The fraction of sp³-hybridized carbons (Fsp3) is 0.364. The maximum absolute atomic E-state index is 12.4. The monoisotopic (exact) mass is 341 g/mol. The first-order valence-electron chi connectivity index (χ1n) is 5.67. The topological polar surface area (TPSA) is 71.1 Å². The molecule has 0 aliphatic heterocycles. The number of imide groups is 1. The van der Waals surface area contributed by atoms with Crippen LogP contribution in [0.2, 0.25) is 5.02 Å². The molecule has 21 heavy (non-hydrogen) atoms. The molecule has 1 heterocycles. The largest absolute Gasteiger partial charge is 0.417 e. The van der Waals surface area contributed by atoms with E-state index in [1.807, 2.05) is 5.32 Å². The standard InChI is InChI=1S/C11H11ClF3N3O2S/c1-2-16-10(20)18-8(19)5-21-9-7(12)3-6(4-17-9)11(13,14)15/h3-4H,2,5H2,1H3,(H2,16,18,19,20). The van der Waals surface area contributed by atoms with Gasteiger partial charge in [0, 0.05) is 12.7 Å². The molecule has 2 N–H and O–H groups in total. The van der Waals surface area contributed by atoms with E-state index in [4.69, 9.17) is 11.6 Å². The van der Waals surface area contributed by atoms with Crippen LogP contribution in [0.4, 0.5) is 18.0 Å². The molecular weight excluding hydrogens is 331 g/mol. The molecule has 0 fully saturated rings. The Morgan fingerprint density at radius 2 is 2.10 bits per heavy atom. The number of thioether (sulfide) groups is 1. The highest BCUT2D eigenvalue weighted by atomic mass is 35.5. The normalized spacial score (nSPS) is 11.1. The highest BCUT2D eigenvalue weighted by Gasteiger charge is 2.31. The molecule has 1 rings (SSSR count). The Hall–Kier alpha value is -1.48. The van der Waals surface area contributed by atoms with Crippen molar-refractivity contribution >= 4 is 35.3 Å². The first-order valence-corrected chi connectivity index (χ1v) is 7.03. The minimum Gasteiger partial charge on any atom is -0.338 e. The molecule has 0 aliphatic carbocycles. The van der Waals surface area contributed by atoms with E-state index >= 15 is 0 Å². The Labute approximate surface area is 127 Å². The molecule has 3 amide bonds. The van der Waals surface area contributed by atoms with Crippen molar-refractivity contribution in [3.63, 3.8) is 0 Å². The Balaban J connectivity index is 2.60. The van der Waals surface area contributed by atoms with Crippen LogP contribution in [-0.2, 0) is 11.0 Å². The van der Waals surface area contributed by atoms with Gasteiger partial charge < -0.3 is 5.32 Å². The number of aromatic nitrogens is 1. The first kappa shape index (κ1) is 17.6. The van der Waals surface area contributed by atoms with E-state index in [-0.39, 0.29) is 15.8 Å². The molecule has 0 radical (unpaired) electrons. The van der Waals surface area contributed by atoms with E-state index < -0.39 is 23.7 Å². The third-order valence-electron chi connectivity index (χ3n) is 2.07. The summed E-state index contributed by atoms with van der Waals surface area (Å²) in [7, 11) is 0. The average Bonchev–Trinajstić information content (AvgIpc) is 2.36. The van der Waals surface area contributed by atoms with Gasteiger partial charge in [0.25, 0.3) is 0 Å². The highest BCUT2D eigenvalue weighted by molar-refractivity contribution is 8.00. The van der Waals surface area contributed by atoms with Crippen LogP contribution in [0.25, 0.3) is 0 Å². The van der Waals surface area contributed by atoms with E-state index in [2.05, 4.69) is 10.3 Å². The Morgan fingerprint density at radius 3 is 2.62 bits per heavy atom. The minimum atomic E-state index is -4.53. The Morgan fingerprint density at radius 1 is 1.43 bits per heavy atom. The Bertz CT molecular complexity index is 540. The summed E-state index contributed by atoms with van der Waals surface area (Å²) in [6.45, 7) is 2.04. The summed E-state index contributed by atoms with van der Waals surface area (Å²) in [4.78, 5) is 26.0. The second-order valence-electron chi connectivity index (χ2n) is 3.71. The number of rotatable bonds is 4. The van der Waals surface area contributed by atoms with Crippen LogP contribution in [0.5, 0.6) is 0 Å². The molecule has 0 saturated carbocycles. The molecule has 0 aromatic carbocycles. The fourth-order valence-electron chi connectivity index (χ4n) is 1.19. The fourth-order valence-corrected chi connectivity index (χ4v) is 2.18. The number of carbonyl (C=O) groups is 2. The van der Waals surface area contributed by atoms with Gasteiger partial charge in [-0.05, 0) is 13.0 Å². The quantitative estimate of drug-likeness (QED) is 0.826. The van der Waals surface area contributed by atoms with Crippen LogP contribution in [0, 0.1) is 0 Å². The van der Waals surface area contributed by atoms with Gasteiger partial charge in [0.05, 0.1) is 16.3 Å². The zero-order chi connectivity index (χ0) is 16.0. The van der Waals surface area contributed by atoms with Gasteiger partial charge in [0.1, 0.15) is 5.03 Å². The third kappa shape index (κ3) is 5.80. The number of amides is 3. The van der Waals surface area contributed by atoms with Crippen LogP contribution >= 0.6 is 23.4 Å². The number of nitrogens with zero attached hydrogens (tertiary/aromatic N) is 1. The second-order valence-corrected chi connectivity index (χ2v) is 5.08. The van der Waals surface area contributed by atoms with Gasteiger partial charge in [-0.25, -0.2) is 9.78 Å². The van der Waals surface area contributed by atoms with Crippen LogP contribution in [0.1, 0.15) is 12.5 Å². The molecule has 0 aliphatic rings. The third-order valence-corrected chi connectivity index (χ3v) is 3.47. The van der Waals surface area contributed by atoms with E-state index in [1.165, 1.54) is 0 Å². The SMILES string of the molecule is CCNC(=O)NC(=O)CSc1ncc(C(F)(F)F)cc1Cl. The van der Waals surface area contributed by atoms with Gasteiger partial charge in [0.2, 0.25) is 5.91 Å². The summed E-state index contributed by atoms with van der Waals surface area (Å²) in [6.07, 6.45) is -3.90. The number of carbonyl (C=O) groups excluding carboxylic acids is 2. The number of nitrogens with one attached hydrogen (secondary N) is 2. The lowest BCUT2D eigenvalue weighted by atomic mass is 10.3. The molecule has 0 bridgehead atoms. The molecule has 1 aromatic heterocycles. The molecular formula is C11H11ClF3N3O2S. The summed E-state index contributed by atoms with van der Waals surface area (Å²) < 4.78 is 37.2. The molecule has 0 atom stereocenters. The van der Waals surface area contributed by atoms with Gasteiger partial charge >= 0.3 is 12.2 Å². The van der Waals surface area contributed by atoms with Crippen molar-refractivity contribution < 1.29 is 22.8 Å². The molecule has 1 aromatic rings. The maximum Gasteiger partial charge on any atom is 0.417 e. The predicted octanol–water partition coefficient (Wildman–Crippen LogP) is 2.69. The van der Waals surface area contributed by atoms with Crippen LogP contribution in [0.3, 0.4) is 0 Å². The second kappa shape index (κ2) is 7.51. The zero-order valence-corrected chi connectivity index (χ0v) is 12.3. The summed E-state index contributed by atoms with van der Waals surface area (Å²) >= 11 is 6.51. The highest BCUT2D eigenvalue weighted by Crippen LogP contribution is 2.33. The summed E-state index contributed by atoms with van der Waals surface area (Å²) in [5.74, 6) is -0.807. The van der Waals surface area contributed by atoms with Crippen molar-refractivity contribution in [2.24, 2.45) is 0 Å². The van der Waals surface area contributed by atoms with Gasteiger partial charge in [-0.1, -0.05) is 23.4 Å². The van der Waals surface area contributed by atoms with Crippen LogP contribution in [-0.4, -0.2) is 29.2 Å². The molecule has 0 saturated heterocycles. The van der Waals surface area contributed by atoms with Crippen molar-refractivity contribution in [2.75, 3.05) is 12.3 Å². The molecule has 116 valence electrons. The minimum absolute atomic E-state index is 0.0794. The van der Waals surface area contributed by atoms with Gasteiger partial charge in [-0.3, -0.25) is 10.1 Å². The van der Waals surface area contributed by atoms with Crippen molar-refractivity contribution in [3.05, 3.63) is 22.8 Å². The molecule has 10 heteroatoms. The van der Waals surface area contributed by atoms with Crippen molar-refractivity contribution in [2.45, 2.75) is 18.1 Å². The van der Waals surface area contributed by atoms with Crippen molar-refractivity contribution in [1.82, 2.24) is 15.6 Å². The summed E-state index contributed by atoms with van der Waals surface area (Å²) in [6, 6.07) is 0.0908. The van der Waals surface area contributed by atoms with Crippen LogP contribution < -0.4 is 10.6 Å². The first-order chi connectivity index (χ1) is 9.74. The van der Waals surface area contributed by atoms with Gasteiger partial charge in [0.15, 0.2) is 0 Å². The maximum atomic E-state index is 12.4. The molecule has 0 spiro atoms. The van der Waals surface area contributed by atoms with Crippen LogP contribution in [0.15, 0.2) is 17.3 Å². The number of urea groups is 1. The van der Waals surface area contributed by atoms with Gasteiger partial charge in [-0.2, -0.15) is 13.2 Å². The number of alkyl halides is 3. The lowest BCUT2D eigenvalue weighted by Crippen LogP contribution is -2.40. The molecule has 0 unspecified atom stereocenters. The number of hydrogen-bond donors (Lipinski definition) is 2. The lowest BCUT2D eigenvalue weighted by Gasteiger charge is -2.09. The van der Waals surface area contributed by atoms with Crippen molar-refractivity contribution in [3.8, 4) is 0 Å². The predicted molar refractivity (Wildman–Crippen MR) is 72.2 cm³/mol. The van der Waals surface area contributed by atoms with E-state index in [0.717, 1.165) is 17.8 Å². The lowest BCUT2D eigenvalue weighted by molar-refractivity contribution is -0.137. The average molecular weight is 342 g/mol. The number of pyridine rings is 1. The van der Waals surface area contributed by atoms with E-state index in [1.54, 1.807) is 6.92 Å². The summed E-state index contributed by atoms with van der Waals surface area (Å²) in [5.41, 5.74) is -0.969. The molecule has 5 nitrogen and oxygen atoms in total. The number of hydrogen-bond acceptors (Lipinski definition) is 4. The van der Waals surface area contributed by atoms with Crippen molar-refractivity contribution in [1.29, 1.82) is 0 Å².